The number of carbonyl (C=O) groups excluding carboxylic acids is 4. The topological polar surface area (TPSA) is 129 Å². The summed E-state index contributed by atoms with van der Waals surface area (Å²) in [6.07, 6.45) is 13.1. The lowest BCUT2D eigenvalue weighted by atomic mass is 10.1. The average molecular weight is 629 g/mol. The molecule has 0 radical (unpaired) electrons. The molecule has 2 aliphatic heterocycles. The maximum atomic E-state index is 12.1. The number of aryl methyl sites for hydroxylation is 1. The third-order valence-corrected chi connectivity index (χ3v) is 6.93. The first-order valence-electron chi connectivity index (χ1n) is 15.2. The van der Waals surface area contributed by atoms with Crippen LogP contribution >= 0.6 is 0 Å². The van der Waals surface area contributed by atoms with E-state index in [-0.39, 0.29) is 43.3 Å². The van der Waals surface area contributed by atoms with Gasteiger partial charge in [-0.2, -0.15) is 10.2 Å². The molecule has 0 aromatic carbocycles. The van der Waals surface area contributed by atoms with Crippen LogP contribution in [0.3, 0.4) is 0 Å². The van der Waals surface area contributed by atoms with Crippen LogP contribution in [0.5, 0.6) is 0 Å². The predicted molar refractivity (Wildman–Crippen MR) is 173 cm³/mol. The molecule has 2 atom stereocenters. The molecule has 45 heavy (non-hydrogen) atoms. The minimum Gasteiger partial charge on any atom is -0.444 e. The van der Waals surface area contributed by atoms with Crippen molar-refractivity contribution >= 4 is 29.8 Å². The molecule has 0 bridgehead atoms. The smallest absolute Gasteiger partial charge is 0.410 e. The quantitative estimate of drug-likeness (QED) is 0.347. The van der Waals surface area contributed by atoms with E-state index in [4.69, 9.17) is 9.47 Å². The highest BCUT2D eigenvalue weighted by Crippen LogP contribution is 2.25. The normalized spacial score (nSPS) is 18.3. The molecule has 12 heteroatoms. The Bertz CT molecular complexity index is 1330. The van der Waals surface area contributed by atoms with E-state index in [9.17, 15) is 19.2 Å². The number of ketones is 2. The molecular formula is C33H52N6O6. The summed E-state index contributed by atoms with van der Waals surface area (Å²) in [4.78, 5) is 49.5. The number of nitrogens with zero attached hydrogens (tertiary/aromatic N) is 6. The first-order chi connectivity index (χ1) is 20.5. The lowest BCUT2D eigenvalue weighted by Crippen LogP contribution is -2.35. The standard InChI is InChI=1S/C16H25N3O3.C16H23N3O3.CH4/c2*1-12(20)5-6-13-9-17-19(10-13)14-7-8-18(11-14)15(21)22-16(2,3)4;/h9-10,14H,5-8,11H2,1-4H3;5-6,9-10,14H,7-8,11H2,1-4H3;1H4/t2*14-;/m11./s1. The molecule has 2 aromatic rings. The van der Waals surface area contributed by atoms with E-state index in [0.717, 1.165) is 30.4 Å². The SMILES string of the molecule is C.CC(=O)C=Cc1cnn([C@@H]2CCN(C(=O)OC(C)(C)C)C2)c1.CC(=O)CCc1cnn([C@@H]2CCN(C(=O)OC(C)(C)C)C2)c1. The molecule has 2 amide bonds. The largest absolute Gasteiger partial charge is 0.444 e. The van der Waals surface area contributed by atoms with Crippen molar-refractivity contribution in [3.05, 3.63) is 42.0 Å². The van der Waals surface area contributed by atoms with Gasteiger partial charge in [0.2, 0.25) is 0 Å². The van der Waals surface area contributed by atoms with Crippen LogP contribution in [0.4, 0.5) is 9.59 Å². The van der Waals surface area contributed by atoms with E-state index in [1.165, 1.54) is 13.0 Å². The van der Waals surface area contributed by atoms with Crippen molar-refractivity contribution in [2.24, 2.45) is 0 Å². The van der Waals surface area contributed by atoms with Gasteiger partial charge in [0.05, 0.1) is 24.5 Å². The molecule has 0 unspecified atom stereocenters. The second-order valence-corrected chi connectivity index (χ2v) is 13.5. The van der Waals surface area contributed by atoms with Gasteiger partial charge in [0, 0.05) is 50.6 Å². The van der Waals surface area contributed by atoms with Gasteiger partial charge in [-0.25, -0.2) is 9.59 Å². The van der Waals surface area contributed by atoms with Crippen LogP contribution < -0.4 is 0 Å². The van der Waals surface area contributed by atoms with Crippen molar-refractivity contribution in [1.82, 2.24) is 29.4 Å². The molecule has 2 aromatic heterocycles. The highest BCUT2D eigenvalue weighted by Gasteiger charge is 2.32. The van der Waals surface area contributed by atoms with E-state index in [2.05, 4.69) is 10.2 Å². The van der Waals surface area contributed by atoms with E-state index in [0.29, 0.717) is 32.6 Å². The van der Waals surface area contributed by atoms with Crippen LogP contribution in [0, 0.1) is 0 Å². The van der Waals surface area contributed by atoms with Crippen molar-refractivity contribution in [3.63, 3.8) is 0 Å². The Hall–Kier alpha value is -3.96. The molecular weight excluding hydrogens is 576 g/mol. The highest BCUT2D eigenvalue weighted by atomic mass is 16.6. The van der Waals surface area contributed by atoms with Crippen LogP contribution in [0.2, 0.25) is 0 Å². The number of carbonyl (C=O) groups is 4. The van der Waals surface area contributed by atoms with E-state index >= 15 is 0 Å². The fourth-order valence-electron chi connectivity index (χ4n) is 4.78. The van der Waals surface area contributed by atoms with Crippen LogP contribution in [0.1, 0.15) is 105 Å². The lowest BCUT2D eigenvalue weighted by molar-refractivity contribution is -0.117. The number of rotatable bonds is 7. The summed E-state index contributed by atoms with van der Waals surface area (Å²) in [6, 6.07) is 0.325. The zero-order valence-corrected chi connectivity index (χ0v) is 27.4. The van der Waals surface area contributed by atoms with Gasteiger partial charge in [-0.15, -0.1) is 0 Å². The second kappa shape index (κ2) is 15.9. The Morgan fingerprint density at radius 2 is 1.31 bits per heavy atom. The summed E-state index contributed by atoms with van der Waals surface area (Å²) in [5, 5.41) is 8.69. The molecule has 2 aliphatic rings. The van der Waals surface area contributed by atoms with Crippen molar-refractivity contribution in [3.8, 4) is 0 Å². The van der Waals surface area contributed by atoms with Gasteiger partial charge < -0.3 is 24.1 Å². The van der Waals surface area contributed by atoms with Crippen LogP contribution in [-0.2, 0) is 25.5 Å². The molecule has 0 N–H and O–H groups in total. The molecule has 0 spiro atoms. The Morgan fingerprint density at radius 1 is 0.822 bits per heavy atom. The lowest BCUT2D eigenvalue weighted by Gasteiger charge is -2.24. The number of aromatic nitrogens is 4. The van der Waals surface area contributed by atoms with Crippen molar-refractivity contribution in [2.45, 2.75) is 112 Å². The summed E-state index contributed by atoms with van der Waals surface area (Å²) in [7, 11) is 0. The second-order valence-electron chi connectivity index (χ2n) is 13.5. The molecule has 2 fully saturated rings. The van der Waals surface area contributed by atoms with Crippen LogP contribution in [0.25, 0.3) is 6.08 Å². The van der Waals surface area contributed by atoms with Gasteiger partial charge >= 0.3 is 12.2 Å². The van der Waals surface area contributed by atoms with Crippen LogP contribution in [-0.4, -0.2) is 90.5 Å². The Labute approximate surface area is 267 Å². The fourth-order valence-corrected chi connectivity index (χ4v) is 4.78. The number of Topliss-reactive ketones (excluding diaryl/α,β-unsaturated/α-hetero) is 1. The van der Waals surface area contributed by atoms with E-state index < -0.39 is 11.2 Å². The maximum Gasteiger partial charge on any atom is 0.410 e. The molecule has 2 saturated heterocycles. The van der Waals surface area contributed by atoms with Gasteiger partial charge in [0.15, 0.2) is 5.78 Å². The summed E-state index contributed by atoms with van der Waals surface area (Å²) < 4.78 is 14.5. The maximum absolute atomic E-state index is 12.1. The molecule has 250 valence electrons. The minimum atomic E-state index is -0.481. The van der Waals surface area contributed by atoms with Crippen molar-refractivity contribution < 1.29 is 28.7 Å². The molecule has 0 saturated carbocycles. The van der Waals surface area contributed by atoms with Gasteiger partial charge in [-0.3, -0.25) is 14.2 Å². The molecule has 4 heterocycles. The Kier molecular flexibility index (Phi) is 13.1. The predicted octanol–water partition coefficient (Wildman–Crippen LogP) is 5.89. The Morgan fingerprint density at radius 3 is 1.78 bits per heavy atom. The van der Waals surface area contributed by atoms with Gasteiger partial charge in [0.25, 0.3) is 0 Å². The number of allylic oxidation sites excluding steroid dienone is 1. The summed E-state index contributed by atoms with van der Waals surface area (Å²) in [5.41, 5.74) is 0.989. The number of hydrogen-bond donors (Lipinski definition) is 0. The molecule has 12 nitrogen and oxygen atoms in total. The minimum absolute atomic E-state index is 0. The zero-order chi connectivity index (χ0) is 32.7. The summed E-state index contributed by atoms with van der Waals surface area (Å²) in [6.45, 7) is 16.8. The first-order valence-corrected chi connectivity index (χ1v) is 15.2. The van der Waals surface area contributed by atoms with Crippen LogP contribution in [0.15, 0.2) is 30.9 Å². The fraction of sp³-hybridized carbons (Fsp3) is 0.636. The number of ether oxygens (including phenoxy) is 2. The van der Waals surface area contributed by atoms with Gasteiger partial charge in [-0.1, -0.05) is 7.43 Å². The number of amides is 2. The van der Waals surface area contributed by atoms with Crippen molar-refractivity contribution in [2.75, 3.05) is 26.2 Å². The summed E-state index contributed by atoms with van der Waals surface area (Å²) in [5.74, 6) is 0.189. The monoisotopic (exact) mass is 628 g/mol. The van der Waals surface area contributed by atoms with Gasteiger partial charge in [0.1, 0.15) is 17.0 Å². The third kappa shape index (κ3) is 12.5. The number of likely N-dealkylation sites (tertiary alicyclic amines) is 2. The highest BCUT2D eigenvalue weighted by molar-refractivity contribution is 5.91. The first kappa shape index (κ1) is 37.2. The summed E-state index contributed by atoms with van der Waals surface area (Å²) >= 11 is 0. The van der Waals surface area contributed by atoms with Crippen molar-refractivity contribution in [1.29, 1.82) is 0 Å². The molecule has 4 rings (SSSR count). The van der Waals surface area contributed by atoms with E-state index in [1.807, 2.05) is 63.3 Å². The average Bonchev–Trinajstić information content (AvgIpc) is 3.70. The zero-order valence-electron chi connectivity index (χ0n) is 27.4. The number of hydrogen-bond acceptors (Lipinski definition) is 8. The van der Waals surface area contributed by atoms with E-state index in [1.54, 1.807) is 35.2 Å². The molecule has 0 aliphatic carbocycles. The Balaban J connectivity index is 0.000000307. The third-order valence-electron chi connectivity index (χ3n) is 6.93. The van der Waals surface area contributed by atoms with Gasteiger partial charge in [-0.05, 0) is 92.4 Å².